The minimum Gasteiger partial charge on any atom is -0.497 e. The van der Waals surface area contributed by atoms with Gasteiger partial charge in [0.1, 0.15) is 11.3 Å². The zero-order valence-corrected chi connectivity index (χ0v) is 14.7. The molecule has 26 heavy (non-hydrogen) atoms. The number of amides is 1. The first-order valence-electron chi connectivity index (χ1n) is 8.31. The molecule has 0 spiro atoms. The molecule has 8 nitrogen and oxygen atoms in total. The summed E-state index contributed by atoms with van der Waals surface area (Å²) in [5.74, 6) is -0.315. The number of ether oxygens (including phenoxy) is 2. The fourth-order valence-corrected chi connectivity index (χ4v) is 2.65. The van der Waals surface area contributed by atoms with Crippen LogP contribution >= 0.6 is 0 Å². The van der Waals surface area contributed by atoms with Gasteiger partial charge in [0.2, 0.25) is 5.88 Å². The summed E-state index contributed by atoms with van der Waals surface area (Å²) in [6.07, 6.45) is 1.90. The van der Waals surface area contributed by atoms with E-state index in [-0.39, 0.29) is 30.0 Å². The average Bonchev–Trinajstić information content (AvgIpc) is 3.42. The summed E-state index contributed by atoms with van der Waals surface area (Å²) >= 11 is 0. The first-order valence-corrected chi connectivity index (χ1v) is 8.31. The molecule has 1 aliphatic carbocycles. The lowest BCUT2D eigenvalue weighted by molar-refractivity contribution is -0.135. The molecular formula is C18H21N3O5. The first-order chi connectivity index (χ1) is 12.5. The lowest BCUT2D eigenvalue weighted by Crippen LogP contribution is -2.36. The summed E-state index contributed by atoms with van der Waals surface area (Å²) in [6.45, 7) is 1.69. The minimum atomic E-state index is -0.713. The molecule has 1 aromatic carbocycles. The number of aromatic nitrogens is 1. The predicted molar refractivity (Wildman–Crippen MR) is 92.5 cm³/mol. The van der Waals surface area contributed by atoms with Crippen molar-refractivity contribution in [2.24, 2.45) is 0 Å². The van der Waals surface area contributed by atoms with Crippen LogP contribution in [0.2, 0.25) is 0 Å². The van der Waals surface area contributed by atoms with Crippen LogP contribution in [0, 0.1) is 6.92 Å². The standard InChI is InChI=1S/C18H21N3O5/c1-11-16(17(19)26-20-11)18(23)25-10-15(22)21(13-5-6-13)9-12-3-7-14(24-2)8-4-12/h3-4,7-8,13H,5-6,9-10,19H2,1-2H3. The highest BCUT2D eigenvalue weighted by molar-refractivity contribution is 5.96. The fraction of sp³-hybridized carbons (Fsp3) is 0.389. The SMILES string of the molecule is COc1ccc(CN(C(=O)COC(=O)c2c(C)noc2N)C2CC2)cc1. The van der Waals surface area contributed by atoms with E-state index in [0.717, 1.165) is 24.2 Å². The van der Waals surface area contributed by atoms with E-state index in [9.17, 15) is 9.59 Å². The van der Waals surface area contributed by atoms with Crippen LogP contribution in [0.5, 0.6) is 5.75 Å². The van der Waals surface area contributed by atoms with Gasteiger partial charge in [-0.25, -0.2) is 4.79 Å². The van der Waals surface area contributed by atoms with Crippen LogP contribution in [-0.4, -0.2) is 41.7 Å². The van der Waals surface area contributed by atoms with Gasteiger partial charge in [-0.05, 0) is 37.5 Å². The normalized spacial score (nSPS) is 13.3. The molecule has 0 bridgehead atoms. The topological polar surface area (TPSA) is 108 Å². The average molecular weight is 359 g/mol. The Kier molecular flexibility index (Phi) is 5.11. The molecule has 1 aliphatic rings. The number of nitrogen functional groups attached to an aromatic ring is 1. The van der Waals surface area contributed by atoms with Crippen LogP contribution in [0.15, 0.2) is 28.8 Å². The summed E-state index contributed by atoms with van der Waals surface area (Å²) in [5, 5.41) is 3.60. The van der Waals surface area contributed by atoms with Crippen molar-refractivity contribution >= 4 is 17.8 Å². The lowest BCUT2D eigenvalue weighted by atomic mass is 10.2. The molecule has 1 fully saturated rings. The van der Waals surface area contributed by atoms with E-state index in [1.807, 2.05) is 24.3 Å². The van der Waals surface area contributed by atoms with Crippen LogP contribution in [0.3, 0.4) is 0 Å². The molecule has 138 valence electrons. The number of nitrogens with zero attached hydrogens (tertiary/aromatic N) is 2. The van der Waals surface area contributed by atoms with Crippen LogP contribution in [0.25, 0.3) is 0 Å². The Morgan fingerprint density at radius 1 is 1.31 bits per heavy atom. The molecule has 0 aliphatic heterocycles. The maximum absolute atomic E-state index is 12.5. The monoisotopic (exact) mass is 359 g/mol. The number of carbonyl (C=O) groups is 2. The smallest absolute Gasteiger partial charge is 0.346 e. The number of hydrogen-bond acceptors (Lipinski definition) is 7. The highest BCUT2D eigenvalue weighted by Gasteiger charge is 2.33. The van der Waals surface area contributed by atoms with Gasteiger partial charge in [-0.1, -0.05) is 17.3 Å². The van der Waals surface area contributed by atoms with Crippen molar-refractivity contribution in [2.45, 2.75) is 32.4 Å². The molecule has 3 rings (SSSR count). The number of hydrogen-bond donors (Lipinski definition) is 1. The third kappa shape index (κ3) is 3.96. The fourth-order valence-electron chi connectivity index (χ4n) is 2.65. The molecular weight excluding hydrogens is 338 g/mol. The van der Waals surface area contributed by atoms with Gasteiger partial charge in [0, 0.05) is 12.6 Å². The number of carbonyl (C=O) groups excluding carboxylic acids is 2. The molecule has 1 saturated carbocycles. The van der Waals surface area contributed by atoms with Crippen molar-refractivity contribution in [1.29, 1.82) is 0 Å². The van der Waals surface area contributed by atoms with E-state index in [4.69, 9.17) is 19.7 Å². The van der Waals surface area contributed by atoms with E-state index >= 15 is 0 Å². The van der Waals surface area contributed by atoms with Crippen molar-refractivity contribution in [3.63, 3.8) is 0 Å². The summed E-state index contributed by atoms with van der Waals surface area (Å²) in [5.41, 5.74) is 6.93. The van der Waals surface area contributed by atoms with Crippen LogP contribution in [-0.2, 0) is 16.1 Å². The molecule has 0 atom stereocenters. The minimum absolute atomic E-state index is 0.0610. The third-order valence-electron chi connectivity index (χ3n) is 4.24. The van der Waals surface area contributed by atoms with Gasteiger partial charge in [0.15, 0.2) is 6.61 Å². The van der Waals surface area contributed by atoms with Gasteiger partial charge in [-0.3, -0.25) is 4.79 Å². The van der Waals surface area contributed by atoms with Crippen molar-refractivity contribution in [1.82, 2.24) is 10.1 Å². The van der Waals surface area contributed by atoms with Gasteiger partial charge in [0.05, 0.1) is 12.8 Å². The number of esters is 1. The highest BCUT2D eigenvalue weighted by Crippen LogP contribution is 2.29. The molecule has 1 amide bonds. The van der Waals surface area contributed by atoms with Crippen LogP contribution < -0.4 is 10.5 Å². The maximum atomic E-state index is 12.5. The van der Waals surface area contributed by atoms with E-state index < -0.39 is 5.97 Å². The Bertz CT molecular complexity index is 776. The zero-order chi connectivity index (χ0) is 18.7. The van der Waals surface area contributed by atoms with Crippen molar-refractivity contribution in [3.8, 4) is 5.75 Å². The Morgan fingerprint density at radius 2 is 2.00 bits per heavy atom. The Labute approximate surface area is 150 Å². The molecule has 8 heteroatoms. The molecule has 1 aromatic heterocycles. The Morgan fingerprint density at radius 3 is 2.54 bits per heavy atom. The number of benzene rings is 1. The van der Waals surface area contributed by atoms with Gasteiger partial charge in [-0.15, -0.1) is 0 Å². The number of nitrogens with two attached hydrogens (primary N) is 1. The van der Waals surface area contributed by atoms with Gasteiger partial charge < -0.3 is 24.6 Å². The quantitative estimate of drug-likeness (QED) is 0.752. The second kappa shape index (κ2) is 7.47. The second-order valence-electron chi connectivity index (χ2n) is 6.18. The highest BCUT2D eigenvalue weighted by atomic mass is 16.5. The summed E-state index contributed by atoms with van der Waals surface area (Å²) in [7, 11) is 1.60. The van der Waals surface area contributed by atoms with E-state index in [0.29, 0.717) is 12.2 Å². The number of rotatable bonds is 7. The zero-order valence-electron chi connectivity index (χ0n) is 14.7. The number of methoxy groups -OCH3 is 1. The molecule has 0 unspecified atom stereocenters. The summed E-state index contributed by atoms with van der Waals surface area (Å²) < 4.78 is 15.0. The number of aryl methyl sites for hydroxylation is 1. The van der Waals surface area contributed by atoms with E-state index in [2.05, 4.69) is 5.16 Å². The third-order valence-corrected chi connectivity index (χ3v) is 4.24. The maximum Gasteiger partial charge on any atom is 0.346 e. The summed E-state index contributed by atoms with van der Waals surface area (Å²) in [6, 6.07) is 7.71. The van der Waals surface area contributed by atoms with Gasteiger partial charge >= 0.3 is 5.97 Å². The van der Waals surface area contributed by atoms with Gasteiger partial charge in [-0.2, -0.15) is 0 Å². The molecule has 0 radical (unpaired) electrons. The van der Waals surface area contributed by atoms with Crippen LogP contribution in [0.1, 0.15) is 34.5 Å². The lowest BCUT2D eigenvalue weighted by Gasteiger charge is -2.22. The number of anilines is 1. The molecule has 2 N–H and O–H groups in total. The Hall–Kier alpha value is -3.03. The largest absolute Gasteiger partial charge is 0.497 e. The second-order valence-corrected chi connectivity index (χ2v) is 6.18. The first kappa shape index (κ1) is 17.8. The molecule has 1 heterocycles. The molecule has 2 aromatic rings. The van der Waals surface area contributed by atoms with Gasteiger partial charge in [0.25, 0.3) is 5.91 Å². The molecule has 0 saturated heterocycles. The van der Waals surface area contributed by atoms with Crippen molar-refractivity contribution in [3.05, 3.63) is 41.1 Å². The van der Waals surface area contributed by atoms with E-state index in [1.165, 1.54) is 0 Å². The van der Waals surface area contributed by atoms with Crippen LogP contribution in [0.4, 0.5) is 5.88 Å². The van der Waals surface area contributed by atoms with Crippen molar-refractivity contribution in [2.75, 3.05) is 19.5 Å². The summed E-state index contributed by atoms with van der Waals surface area (Å²) in [4.78, 5) is 26.4. The Balaban J connectivity index is 1.61. The van der Waals surface area contributed by atoms with Crippen molar-refractivity contribution < 1.29 is 23.6 Å². The van der Waals surface area contributed by atoms with E-state index in [1.54, 1.807) is 18.9 Å². The predicted octanol–water partition coefficient (Wildman–Crippen LogP) is 1.92.